The SMILES string of the molecule is O=C(NC1CCOCC1)c1nn(-c2ccccc2Cl)c(-c2ccc(Cl)cc2)c1O. The van der Waals surface area contributed by atoms with Crippen molar-refractivity contribution < 1.29 is 14.6 Å². The number of rotatable bonds is 4. The number of nitrogens with zero attached hydrogens (tertiary/aromatic N) is 2. The lowest BCUT2D eigenvalue weighted by atomic mass is 10.1. The van der Waals surface area contributed by atoms with Gasteiger partial charge in [-0.15, -0.1) is 0 Å². The Hall–Kier alpha value is -2.54. The summed E-state index contributed by atoms with van der Waals surface area (Å²) in [5.74, 6) is -0.646. The molecule has 1 saturated heterocycles. The summed E-state index contributed by atoms with van der Waals surface area (Å²) in [6, 6.07) is 14.0. The second-order valence-electron chi connectivity index (χ2n) is 6.78. The second-order valence-corrected chi connectivity index (χ2v) is 7.62. The van der Waals surface area contributed by atoms with E-state index >= 15 is 0 Å². The predicted molar refractivity (Wildman–Crippen MR) is 112 cm³/mol. The van der Waals surface area contributed by atoms with Gasteiger partial charge in [0.25, 0.3) is 5.91 Å². The van der Waals surface area contributed by atoms with Crippen molar-refractivity contribution >= 4 is 29.1 Å². The highest BCUT2D eigenvalue weighted by Crippen LogP contribution is 2.36. The number of hydrogen-bond donors (Lipinski definition) is 2. The van der Waals surface area contributed by atoms with E-state index in [2.05, 4.69) is 10.4 Å². The number of aromatic hydroxyl groups is 1. The number of aromatic nitrogens is 2. The van der Waals surface area contributed by atoms with Crippen molar-refractivity contribution in [3.63, 3.8) is 0 Å². The highest BCUT2D eigenvalue weighted by Gasteiger charge is 2.27. The number of carbonyl (C=O) groups excluding carboxylic acids is 1. The molecule has 8 heteroatoms. The minimum Gasteiger partial charge on any atom is -0.504 e. The van der Waals surface area contributed by atoms with Crippen LogP contribution in [0.5, 0.6) is 5.75 Å². The molecule has 0 unspecified atom stereocenters. The standard InChI is InChI=1S/C21H19Cl2N3O3/c22-14-7-5-13(6-8-14)19-20(27)18(21(28)24-15-9-11-29-12-10-15)25-26(19)17-4-2-1-3-16(17)23/h1-8,15,27H,9-12H2,(H,24,28). The fourth-order valence-electron chi connectivity index (χ4n) is 3.32. The largest absolute Gasteiger partial charge is 0.504 e. The topological polar surface area (TPSA) is 76.4 Å². The Kier molecular flexibility index (Phi) is 5.76. The highest BCUT2D eigenvalue weighted by atomic mass is 35.5. The van der Waals surface area contributed by atoms with E-state index in [9.17, 15) is 9.90 Å². The van der Waals surface area contributed by atoms with Crippen LogP contribution in [0.2, 0.25) is 10.0 Å². The summed E-state index contributed by atoms with van der Waals surface area (Å²) in [6.45, 7) is 1.20. The van der Waals surface area contributed by atoms with Gasteiger partial charge in [-0.3, -0.25) is 4.79 Å². The van der Waals surface area contributed by atoms with E-state index in [1.807, 2.05) is 6.07 Å². The molecular formula is C21H19Cl2N3O3. The molecule has 150 valence electrons. The molecular weight excluding hydrogens is 413 g/mol. The summed E-state index contributed by atoms with van der Waals surface area (Å²) in [5, 5.41) is 19.3. The molecule has 0 aliphatic carbocycles. The van der Waals surface area contributed by atoms with Gasteiger partial charge in [-0.25, -0.2) is 4.68 Å². The first-order valence-electron chi connectivity index (χ1n) is 9.26. The van der Waals surface area contributed by atoms with Crippen molar-refractivity contribution in [3.05, 3.63) is 64.3 Å². The molecule has 1 aromatic heterocycles. The number of benzene rings is 2. The van der Waals surface area contributed by atoms with Crippen LogP contribution in [0.1, 0.15) is 23.3 Å². The number of hydrogen-bond acceptors (Lipinski definition) is 4. The van der Waals surface area contributed by atoms with E-state index in [4.69, 9.17) is 27.9 Å². The minimum atomic E-state index is -0.435. The molecule has 1 amide bonds. The van der Waals surface area contributed by atoms with Gasteiger partial charge in [0, 0.05) is 29.8 Å². The molecule has 0 atom stereocenters. The monoisotopic (exact) mass is 431 g/mol. The van der Waals surface area contributed by atoms with Crippen LogP contribution in [0, 0.1) is 0 Å². The number of ether oxygens (including phenoxy) is 1. The van der Waals surface area contributed by atoms with Crippen LogP contribution < -0.4 is 5.32 Å². The van der Waals surface area contributed by atoms with Crippen molar-refractivity contribution in [2.45, 2.75) is 18.9 Å². The van der Waals surface area contributed by atoms with Crippen molar-refractivity contribution in [1.29, 1.82) is 0 Å². The zero-order chi connectivity index (χ0) is 20.4. The summed E-state index contributed by atoms with van der Waals surface area (Å²) < 4.78 is 6.81. The number of nitrogens with one attached hydrogen (secondary N) is 1. The predicted octanol–water partition coefficient (Wildman–Crippen LogP) is 4.46. The van der Waals surface area contributed by atoms with Gasteiger partial charge in [-0.1, -0.05) is 47.5 Å². The van der Waals surface area contributed by atoms with E-state index in [-0.39, 0.29) is 17.5 Å². The van der Waals surface area contributed by atoms with Crippen molar-refractivity contribution in [2.24, 2.45) is 0 Å². The van der Waals surface area contributed by atoms with E-state index in [0.29, 0.717) is 40.2 Å². The maximum Gasteiger partial charge on any atom is 0.275 e. The summed E-state index contributed by atoms with van der Waals surface area (Å²) in [4.78, 5) is 12.9. The quantitative estimate of drug-likeness (QED) is 0.639. The smallest absolute Gasteiger partial charge is 0.275 e. The van der Waals surface area contributed by atoms with Crippen LogP contribution in [0.15, 0.2) is 48.5 Å². The average Bonchev–Trinajstić information content (AvgIpc) is 3.07. The molecule has 1 aliphatic heterocycles. The average molecular weight is 432 g/mol. The molecule has 0 spiro atoms. The minimum absolute atomic E-state index is 0.0138. The maximum atomic E-state index is 12.9. The van der Waals surface area contributed by atoms with Crippen molar-refractivity contribution in [2.75, 3.05) is 13.2 Å². The molecule has 0 bridgehead atoms. The Morgan fingerprint density at radius 3 is 2.48 bits per heavy atom. The van der Waals surface area contributed by atoms with Crippen LogP contribution in [-0.2, 0) is 4.74 Å². The number of para-hydroxylation sites is 1. The third-order valence-electron chi connectivity index (χ3n) is 4.83. The third-order valence-corrected chi connectivity index (χ3v) is 5.40. The van der Waals surface area contributed by atoms with E-state index in [0.717, 1.165) is 12.8 Å². The summed E-state index contributed by atoms with van der Waals surface area (Å²) in [6.07, 6.45) is 1.45. The van der Waals surface area contributed by atoms with E-state index in [1.165, 1.54) is 4.68 Å². The Morgan fingerprint density at radius 2 is 1.79 bits per heavy atom. The van der Waals surface area contributed by atoms with Crippen LogP contribution in [0.4, 0.5) is 0 Å². The van der Waals surface area contributed by atoms with Gasteiger partial charge in [-0.2, -0.15) is 5.10 Å². The second kappa shape index (κ2) is 8.45. The molecule has 29 heavy (non-hydrogen) atoms. The fourth-order valence-corrected chi connectivity index (χ4v) is 3.66. The van der Waals surface area contributed by atoms with Gasteiger partial charge in [0.1, 0.15) is 5.69 Å². The first kappa shape index (κ1) is 19.8. The number of halogens is 2. The van der Waals surface area contributed by atoms with E-state index in [1.54, 1.807) is 42.5 Å². The Bertz CT molecular complexity index is 1030. The van der Waals surface area contributed by atoms with Crippen LogP contribution >= 0.6 is 23.2 Å². The number of amides is 1. The first-order chi connectivity index (χ1) is 14.0. The highest BCUT2D eigenvalue weighted by molar-refractivity contribution is 6.32. The summed E-state index contributed by atoms with van der Waals surface area (Å²) >= 11 is 12.4. The molecule has 2 heterocycles. The summed E-state index contributed by atoms with van der Waals surface area (Å²) in [7, 11) is 0. The Labute approximate surface area is 178 Å². The molecule has 2 N–H and O–H groups in total. The molecule has 0 radical (unpaired) electrons. The van der Waals surface area contributed by atoms with Crippen LogP contribution in [0.3, 0.4) is 0 Å². The summed E-state index contributed by atoms with van der Waals surface area (Å²) in [5.41, 5.74) is 1.53. The van der Waals surface area contributed by atoms with Crippen molar-refractivity contribution in [3.8, 4) is 22.7 Å². The van der Waals surface area contributed by atoms with Gasteiger partial charge in [-0.05, 0) is 37.1 Å². The lowest BCUT2D eigenvalue weighted by Gasteiger charge is -2.22. The maximum absolute atomic E-state index is 12.9. The lowest BCUT2D eigenvalue weighted by Crippen LogP contribution is -2.39. The zero-order valence-electron chi connectivity index (χ0n) is 15.4. The molecule has 6 nitrogen and oxygen atoms in total. The van der Waals surface area contributed by atoms with E-state index < -0.39 is 5.91 Å². The van der Waals surface area contributed by atoms with Gasteiger partial charge < -0.3 is 15.2 Å². The molecule has 1 fully saturated rings. The molecule has 4 rings (SSSR count). The third kappa shape index (κ3) is 4.10. The van der Waals surface area contributed by atoms with Crippen LogP contribution in [0.25, 0.3) is 16.9 Å². The Balaban J connectivity index is 1.79. The first-order valence-corrected chi connectivity index (χ1v) is 10.0. The lowest BCUT2D eigenvalue weighted by molar-refractivity contribution is 0.0693. The Morgan fingerprint density at radius 1 is 1.10 bits per heavy atom. The molecule has 2 aromatic carbocycles. The zero-order valence-corrected chi connectivity index (χ0v) is 17.0. The molecule has 3 aromatic rings. The fraction of sp³-hybridized carbons (Fsp3) is 0.238. The molecule has 0 saturated carbocycles. The number of carbonyl (C=O) groups is 1. The normalized spacial score (nSPS) is 14.7. The van der Waals surface area contributed by atoms with Gasteiger partial charge in [0.2, 0.25) is 0 Å². The van der Waals surface area contributed by atoms with Gasteiger partial charge >= 0.3 is 0 Å². The molecule has 1 aliphatic rings. The van der Waals surface area contributed by atoms with Crippen LogP contribution in [-0.4, -0.2) is 40.0 Å². The van der Waals surface area contributed by atoms with Gasteiger partial charge in [0.05, 0.1) is 10.7 Å². The van der Waals surface area contributed by atoms with Crippen molar-refractivity contribution in [1.82, 2.24) is 15.1 Å². The van der Waals surface area contributed by atoms with Gasteiger partial charge in [0.15, 0.2) is 11.4 Å².